The Kier molecular flexibility index (Phi) is 5.38. The molecular weight excluding hydrogens is 356 g/mol. The Hall–Kier alpha value is -2.37. The number of fused-ring (bicyclic) bond motifs is 3. The average molecular weight is 384 g/mol. The fourth-order valence-electron chi connectivity index (χ4n) is 5.38. The van der Waals surface area contributed by atoms with E-state index in [1.807, 2.05) is 4.90 Å². The maximum atomic E-state index is 12.9. The van der Waals surface area contributed by atoms with Gasteiger partial charge in [0.15, 0.2) is 0 Å². The lowest BCUT2D eigenvalue weighted by Crippen LogP contribution is -2.49. The number of aliphatic carboxylic acids is 1. The number of hydrogen-bond acceptors (Lipinski definition) is 3. The van der Waals surface area contributed by atoms with Crippen molar-refractivity contribution in [2.24, 2.45) is 23.7 Å². The predicted molar refractivity (Wildman–Crippen MR) is 105 cm³/mol. The maximum absolute atomic E-state index is 12.9. The van der Waals surface area contributed by atoms with Crippen LogP contribution >= 0.6 is 0 Å². The molecule has 3 saturated carbocycles. The van der Waals surface area contributed by atoms with Gasteiger partial charge in [-0.05, 0) is 81.0 Å². The van der Waals surface area contributed by atoms with E-state index in [2.05, 4.69) is 5.32 Å². The normalized spacial score (nSPS) is 29.4. The van der Waals surface area contributed by atoms with E-state index in [9.17, 15) is 19.5 Å². The zero-order valence-electron chi connectivity index (χ0n) is 16.1. The first-order valence-electron chi connectivity index (χ1n) is 10.5. The summed E-state index contributed by atoms with van der Waals surface area (Å²) in [5, 5.41) is 12.5. The number of benzene rings is 1. The zero-order chi connectivity index (χ0) is 19.7. The molecule has 6 heteroatoms. The first-order chi connectivity index (χ1) is 13.5. The Labute approximate surface area is 165 Å². The van der Waals surface area contributed by atoms with Gasteiger partial charge in [-0.2, -0.15) is 0 Å². The minimum atomic E-state index is -0.850. The van der Waals surface area contributed by atoms with Crippen molar-refractivity contribution in [2.75, 3.05) is 18.4 Å². The summed E-state index contributed by atoms with van der Waals surface area (Å²) >= 11 is 0. The number of carbonyl (C=O) groups excluding carboxylic acids is 2. The van der Waals surface area contributed by atoms with Crippen LogP contribution in [0.25, 0.3) is 0 Å². The Morgan fingerprint density at radius 1 is 0.857 bits per heavy atom. The van der Waals surface area contributed by atoms with Gasteiger partial charge < -0.3 is 15.3 Å². The van der Waals surface area contributed by atoms with Crippen molar-refractivity contribution in [3.05, 3.63) is 29.8 Å². The van der Waals surface area contributed by atoms with Crippen LogP contribution in [0, 0.1) is 23.7 Å². The van der Waals surface area contributed by atoms with Gasteiger partial charge in [-0.25, -0.2) is 0 Å². The molecule has 5 rings (SSSR count). The number of carboxylic acids is 1. The van der Waals surface area contributed by atoms with Crippen molar-refractivity contribution < 1.29 is 19.5 Å². The van der Waals surface area contributed by atoms with E-state index < -0.39 is 17.8 Å². The molecule has 6 nitrogen and oxygen atoms in total. The third-order valence-corrected chi connectivity index (χ3v) is 6.85. The van der Waals surface area contributed by atoms with E-state index in [0.717, 1.165) is 51.6 Å². The minimum absolute atomic E-state index is 0.0353. The second kappa shape index (κ2) is 7.94. The highest BCUT2D eigenvalue weighted by Crippen LogP contribution is 2.49. The molecule has 0 spiro atoms. The summed E-state index contributed by atoms with van der Waals surface area (Å²) in [7, 11) is 0. The van der Waals surface area contributed by atoms with Crippen LogP contribution in [0.15, 0.2) is 24.3 Å². The standard InChI is InChI=1S/C22H28N2O4/c25-20(18-14-4-6-15(7-5-14)19(18)22(27)28)23-17-10-8-16(9-11-17)21(26)24-12-2-1-3-13-24/h8-11,14-15,18-19H,1-7,12-13H2,(H,23,25)(H,27,28)/t14?,15?,18-,19-/m1/s1. The lowest BCUT2D eigenvalue weighted by molar-refractivity contribution is -0.156. The van der Waals surface area contributed by atoms with Crippen LogP contribution in [-0.4, -0.2) is 40.9 Å². The van der Waals surface area contributed by atoms with Crippen LogP contribution in [0.5, 0.6) is 0 Å². The molecule has 2 atom stereocenters. The highest BCUT2D eigenvalue weighted by Gasteiger charge is 2.50. The highest BCUT2D eigenvalue weighted by atomic mass is 16.4. The van der Waals surface area contributed by atoms with Gasteiger partial charge in [0.25, 0.3) is 5.91 Å². The SMILES string of the molecule is O=C(O)[C@@H]1C2CCC(CC2)[C@H]1C(=O)Nc1ccc(C(=O)N2CCCCC2)cc1. The molecule has 0 aromatic heterocycles. The lowest BCUT2D eigenvalue weighted by atomic mass is 9.58. The summed E-state index contributed by atoms with van der Waals surface area (Å²) in [5.41, 5.74) is 1.24. The molecule has 1 heterocycles. The monoisotopic (exact) mass is 384 g/mol. The maximum Gasteiger partial charge on any atom is 0.307 e. The van der Waals surface area contributed by atoms with E-state index in [-0.39, 0.29) is 23.7 Å². The summed E-state index contributed by atoms with van der Waals surface area (Å²) in [6.07, 6.45) is 6.99. The molecule has 0 unspecified atom stereocenters. The van der Waals surface area contributed by atoms with Crippen molar-refractivity contribution in [1.82, 2.24) is 4.90 Å². The third-order valence-electron chi connectivity index (χ3n) is 6.85. The highest BCUT2D eigenvalue weighted by molar-refractivity contribution is 5.97. The molecule has 4 aliphatic rings. The van der Waals surface area contributed by atoms with Gasteiger partial charge >= 0.3 is 5.97 Å². The van der Waals surface area contributed by atoms with Crippen molar-refractivity contribution in [3.63, 3.8) is 0 Å². The molecule has 2 N–H and O–H groups in total. The molecule has 3 aliphatic carbocycles. The molecule has 150 valence electrons. The smallest absolute Gasteiger partial charge is 0.307 e. The largest absolute Gasteiger partial charge is 0.481 e. The van der Waals surface area contributed by atoms with E-state index in [1.54, 1.807) is 24.3 Å². The van der Waals surface area contributed by atoms with Crippen LogP contribution in [0.1, 0.15) is 55.3 Å². The van der Waals surface area contributed by atoms with Gasteiger partial charge in [0.05, 0.1) is 11.8 Å². The third kappa shape index (κ3) is 3.64. The van der Waals surface area contributed by atoms with Gasteiger partial charge in [-0.1, -0.05) is 0 Å². The van der Waals surface area contributed by atoms with Crippen molar-refractivity contribution in [2.45, 2.75) is 44.9 Å². The first kappa shape index (κ1) is 19.0. The summed E-state index contributed by atoms with van der Waals surface area (Å²) < 4.78 is 0. The van der Waals surface area contributed by atoms with Crippen LogP contribution < -0.4 is 5.32 Å². The second-order valence-corrected chi connectivity index (χ2v) is 8.48. The van der Waals surface area contributed by atoms with Crippen LogP contribution in [0.2, 0.25) is 0 Å². The number of amides is 2. The molecule has 2 amide bonds. The number of nitrogens with zero attached hydrogens (tertiary/aromatic N) is 1. The van der Waals surface area contributed by atoms with Gasteiger partial charge in [-0.15, -0.1) is 0 Å². The van der Waals surface area contributed by atoms with Crippen molar-refractivity contribution in [3.8, 4) is 0 Å². The Bertz CT molecular complexity index is 746. The molecular formula is C22H28N2O4. The van der Waals surface area contributed by atoms with E-state index in [4.69, 9.17) is 0 Å². The number of anilines is 1. The topological polar surface area (TPSA) is 86.7 Å². The second-order valence-electron chi connectivity index (χ2n) is 8.48. The average Bonchev–Trinajstić information content (AvgIpc) is 2.74. The number of piperidine rings is 1. The summed E-state index contributed by atoms with van der Waals surface area (Å²) in [6.45, 7) is 1.61. The molecule has 2 bridgehead atoms. The predicted octanol–water partition coefficient (Wildman–Crippen LogP) is 3.39. The number of nitrogens with one attached hydrogen (secondary N) is 1. The molecule has 0 radical (unpaired) electrons. The van der Waals surface area contributed by atoms with Gasteiger partial charge in [0.1, 0.15) is 0 Å². The zero-order valence-corrected chi connectivity index (χ0v) is 16.1. The van der Waals surface area contributed by atoms with E-state index in [0.29, 0.717) is 11.3 Å². The van der Waals surface area contributed by atoms with Gasteiger partial charge in [-0.3, -0.25) is 14.4 Å². The number of hydrogen-bond donors (Lipinski definition) is 2. The molecule has 1 aromatic rings. The number of carbonyl (C=O) groups is 3. The number of rotatable bonds is 4. The van der Waals surface area contributed by atoms with Gasteiger partial charge in [0.2, 0.25) is 5.91 Å². The number of likely N-dealkylation sites (tertiary alicyclic amines) is 1. The minimum Gasteiger partial charge on any atom is -0.481 e. The summed E-state index contributed by atoms with van der Waals surface area (Å²) in [4.78, 5) is 39.1. The molecule has 1 aromatic carbocycles. The lowest BCUT2D eigenvalue weighted by Gasteiger charge is -2.45. The van der Waals surface area contributed by atoms with E-state index in [1.165, 1.54) is 6.42 Å². The summed E-state index contributed by atoms with van der Waals surface area (Å²) in [6, 6.07) is 6.97. The fraction of sp³-hybridized carbons (Fsp3) is 0.591. The van der Waals surface area contributed by atoms with E-state index >= 15 is 0 Å². The fourth-order valence-corrected chi connectivity index (χ4v) is 5.38. The Morgan fingerprint density at radius 3 is 2.00 bits per heavy atom. The Balaban J connectivity index is 1.43. The van der Waals surface area contributed by atoms with Crippen LogP contribution in [0.3, 0.4) is 0 Å². The number of carboxylic acid groups (broad SMARTS) is 1. The first-order valence-corrected chi connectivity index (χ1v) is 10.5. The Morgan fingerprint density at radius 2 is 1.43 bits per heavy atom. The van der Waals surface area contributed by atoms with Crippen molar-refractivity contribution in [1.29, 1.82) is 0 Å². The quantitative estimate of drug-likeness (QED) is 0.833. The molecule has 28 heavy (non-hydrogen) atoms. The van der Waals surface area contributed by atoms with Crippen LogP contribution in [-0.2, 0) is 9.59 Å². The molecule has 4 fully saturated rings. The van der Waals surface area contributed by atoms with Crippen molar-refractivity contribution >= 4 is 23.5 Å². The molecule has 1 aliphatic heterocycles. The summed E-state index contributed by atoms with van der Waals surface area (Å²) in [5.74, 6) is -1.78. The van der Waals surface area contributed by atoms with Gasteiger partial charge in [0, 0.05) is 24.3 Å². The molecule has 1 saturated heterocycles. The van der Waals surface area contributed by atoms with Crippen LogP contribution in [0.4, 0.5) is 5.69 Å².